The van der Waals surface area contributed by atoms with E-state index in [2.05, 4.69) is 15.8 Å². The van der Waals surface area contributed by atoms with Crippen molar-refractivity contribution in [2.75, 3.05) is 18.0 Å². The summed E-state index contributed by atoms with van der Waals surface area (Å²) in [6, 6.07) is 5.51. The average Bonchev–Trinajstić information content (AvgIpc) is 3.07. The van der Waals surface area contributed by atoms with E-state index in [1.807, 2.05) is 6.92 Å². The van der Waals surface area contributed by atoms with E-state index in [9.17, 15) is 14.4 Å². The standard InChI is InChI=1S/C19H27N5O5/c1-3-12(2)29-16(25)8-10-21-19(27)22-15-9-11-24(18(15)26)14-6-4-13(5-7-14)17(20)23-28/h4-7,12,15,28H,3,8-11H2,1-2H3,(H2,20,23)(H2,21,22,27)/t12?,15-/m1/s1. The van der Waals surface area contributed by atoms with Crippen molar-refractivity contribution in [2.45, 2.75) is 45.3 Å². The molecule has 1 aromatic carbocycles. The molecule has 5 N–H and O–H groups in total. The molecule has 1 fully saturated rings. The fourth-order valence-corrected chi connectivity index (χ4v) is 2.79. The summed E-state index contributed by atoms with van der Waals surface area (Å²) in [5.74, 6) is -0.625. The van der Waals surface area contributed by atoms with Gasteiger partial charge in [-0.1, -0.05) is 12.1 Å². The number of anilines is 1. The Balaban J connectivity index is 1.81. The van der Waals surface area contributed by atoms with Crippen LogP contribution in [0.15, 0.2) is 29.4 Å². The van der Waals surface area contributed by atoms with Crippen LogP contribution in [-0.4, -0.2) is 54.2 Å². The van der Waals surface area contributed by atoms with E-state index >= 15 is 0 Å². The fraction of sp³-hybridized carbons (Fsp3) is 0.474. The van der Waals surface area contributed by atoms with E-state index in [0.29, 0.717) is 24.2 Å². The maximum Gasteiger partial charge on any atom is 0.315 e. The third-order valence-corrected chi connectivity index (χ3v) is 4.62. The van der Waals surface area contributed by atoms with Crippen molar-refractivity contribution in [3.63, 3.8) is 0 Å². The first-order valence-electron chi connectivity index (χ1n) is 9.48. The smallest absolute Gasteiger partial charge is 0.315 e. The van der Waals surface area contributed by atoms with Crippen LogP contribution in [0.4, 0.5) is 10.5 Å². The number of hydrogen-bond donors (Lipinski definition) is 4. The van der Waals surface area contributed by atoms with Gasteiger partial charge in [-0.25, -0.2) is 4.79 Å². The molecule has 1 heterocycles. The zero-order chi connectivity index (χ0) is 21.4. The highest BCUT2D eigenvalue weighted by Crippen LogP contribution is 2.22. The van der Waals surface area contributed by atoms with E-state index < -0.39 is 12.1 Å². The summed E-state index contributed by atoms with van der Waals surface area (Å²) in [7, 11) is 0. The molecule has 0 aromatic heterocycles. The molecule has 0 spiro atoms. The molecule has 1 aromatic rings. The quantitative estimate of drug-likeness (QED) is 0.166. The van der Waals surface area contributed by atoms with Gasteiger partial charge in [0.1, 0.15) is 6.04 Å². The molecule has 0 saturated carbocycles. The zero-order valence-corrected chi connectivity index (χ0v) is 16.6. The number of nitrogens with one attached hydrogen (secondary N) is 2. The molecule has 0 aliphatic carbocycles. The van der Waals surface area contributed by atoms with Crippen molar-refractivity contribution in [1.82, 2.24) is 10.6 Å². The topological polar surface area (TPSA) is 146 Å². The molecule has 10 heteroatoms. The number of amidine groups is 1. The number of nitrogens with zero attached hydrogens (tertiary/aromatic N) is 2. The minimum atomic E-state index is -0.647. The second-order valence-electron chi connectivity index (χ2n) is 6.72. The minimum absolute atomic E-state index is 0.0199. The maximum absolute atomic E-state index is 12.6. The second-order valence-corrected chi connectivity index (χ2v) is 6.72. The molecular formula is C19H27N5O5. The first-order valence-corrected chi connectivity index (χ1v) is 9.48. The van der Waals surface area contributed by atoms with Crippen LogP contribution in [0.25, 0.3) is 0 Å². The van der Waals surface area contributed by atoms with Crippen molar-refractivity contribution < 1.29 is 24.3 Å². The highest BCUT2D eigenvalue weighted by atomic mass is 16.5. The number of oxime groups is 1. The van der Waals surface area contributed by atoms with E-state index in [1.165, 1.54) is 0 Å². The van der Waals surface area contributed by atoms with Gasteiger partial charge in [0, 0.05) is 24.3 Å². The Kier molecular flexibility index (Phi) is 7.81. The van der Waals surface area contributed by atoms with Gasteiger partial charge in [-0.3, -0.25) is 9.59 Å². The molecule has 158 valence electrons. The van der Waals surface area contributed by atoms with E-state index in [-0.39, 0.29) is 36.8 Å². The maximum atomic E-state index is 12.6. The normalized spacial score (nSPS) is 17.7. The van der Waals surface area contributed by atoms with Crippen LogP contribution < -0.4 is 21.3 Å². The van der Waals surface area contributed by atoms with Gasteiger partial charge in [-0.15, -0.1) is 0 Å². The molecule has 1 aliphatic heterocycles. The summed E-state index contributed by atoms with van der Waals surface area (Å²) >= 11 is 0. The zero-order valence-electron chi connectivity index (χ0n) is 16.6. The lowest BCUT2D eigenvalue weighted by molar-refractivity contribution is -0.148. The lowest BCUT2D eigenvalue weighted by Gasteiger charge is -2.18. The van der Waals surface area contributed by atoms with E-state index in [1.54, 1.807) is 36.1 Å². The van der Waals surface area contributed by atoms with Crippen LogP contribution in [0.5, 0.6) is 0 Å². The van der Waals surface area contributed by atoms with Gasteiger partial charge in [0.2, 0.25) is 5.91 Å². The predicted octanol–water partition coefficient (Wildman–Crippen LogP) is 0.917. The molecule has 1 saturated heterocycles. The molecule has 0 radical (unpaired) electrons. The molecule has 2 atom stereocenters. The Hall–Kier alpha value is -3.30. The monoisotopic (exact) mass is 405 g/mol. The summed E-state index contributed by atoms with van der Waals surface area (Å²) in [5, 5.41) is 16.8. The molecule has 3 amide bonds. The Morgan fingerprint density at radius 1 is 1.38 bits per heavy atom. The Morgan fingerprint density at radius 2 is 2.07 bits per heavy atom. The minimum Gasteiger partial charge on any atom is -0.463 e. The molecule has 29 heavy (non-hydrogen) atoms. The van der Waals surface area contributed by atoms with Crippen LogP contribution in [0.1, 0.15) is 38.7 Å². The first-order chi connectivity index (χ1) is 13.8. The number of ether oxygens (including phenoxy) is 1. The molecule has 0 bridgehead atoms. The Morgan fingerprint density at radius 3 is 2.69 bits per heavy atom. The van der Waals surface area contributed by atoms with Crippen LogP contribution in [-0.2, 0) is 14.3 Å². The molecule has 10 nitrogen and oxygen atoms in total. The second kappa shape index (κ2) is 10.3. The largest absolute Gasteiger partial charge is 0.463 e. The Labute approximate surface area is 169 Å². The molecular weight excluding hydrogens is 378 g/mol. The van der Waals surface area contributed by atoms with Gasteiger partial charge in [-0.05, 0) is 44.0 Å². The summed E-state index contributed by atoms with van der Waals surface area (Å²) in [6.45, 7) is 4.30. The number of carbonyl (C=O) groups excluding carboxylic acids is 3. The number of hydrogen-bond acceptors (Lipinski definition) is 6. The summed E-state index contributed by atoms with van der Waals surface area (Å²) in [4.78, 5) is 37.7. The van der Waals surface area contributed by atoms with Crippen molar-refractivity contribution in [3.8, 4) is 0 Å². The average molecular weight is 405 g/mol. The van der Waals surface area contributed by atoms with Crippen molar-refractivity contribution in [3.05, 3.63) is 29.8 Å². The van der Waals surface area contributed by atoms with Gasteiger partial charge in [0.05, 0.1) is 12.5 Å². The van der Waals surface area contributed by atoms with E-state index in [4.69, 9.17) is 15.7 Å². The lowest BCUT2D eigenvalue weighted by Crippen LogP contribution is -2.46. The van der Waals surface area contributed by atoms with Crippen LogP contribution in [0, 0.1) is 0 Å². The van der Waals surface area contributed by atoms with Crippen LogP contribution >= 0.6 is 0 Å². The third kappa shape index (κ3) is 6.09. The van der Waals surface area contributed by atoms with Crippen molar-refractivity contribution in [2.24, 2.45) is 10.9 Å². The predicted molar refractivity (Wildman–Crippen MR) is 107 cm³/mol. The van der Waals surface area contributed by atoms with Crippen molar-refractivity contribution >= 4 is 29.4 Å². The number of esters is 1. The van der Waals surface area contributed by atoms with Gasteiger partial charge in [0.15, 0.2) is 5.84 Å². The van der Waals surface area contributed by atoms with Gasteiger partial charge < -0.3 is 31.2 Å². The van der Waals surface area contributed by atoms with Crippen LogP contribution in [0.3, 0.4) is 0 Å². The first kappa shape index (κ1) is 22.0. The van der Waals surface area contributed by atoms with Gasteiger partial charge >= 0.3 is 12.0 Å². The number of carbonyl (C=O) groups is 3. The summed E-state index contributed by atoms with van der Waals surface area (Å²) in [6.07, 6.45) is 1.10. The fourth-order valence-electron chi connectivity index (χ4n) is 2.79. The number of benzene rings is 1. The summed E-state index contributed by atoms with van der Waals surface area (Å²) < 4.78 is 5.12. The Bertz CT molecular complexity index is 765. The van der Waals surface area contributed by atoms with Gasteiger partial charge in [-0.2, -0.15) is 0 Å². The summed E-state index contributed by atoms with van der Waals surface area (Å²) in [5.41, 5.74) is 6.71. The molecule has 1 aliphatic rings. The van der Waals surface area contributed by atoms with Crippen molar-refractivity contribution in [1.29, 1.82) is 0 Å². The molecule has 1 unspecified atom stereocenters. The molecule has 2 rings (SSSR count). The number of urea groups is 1. The van der Waals surface area contributed by atoms with Crippen LogP contribution in [0.2, 0.25) is 0 Å². The number of nitrogens with two attached hydrogens (primary N) is 1. The van der Waals surface area contributed by atoms with Gasteiger partial charge in [0.25, 0.3) is 0 Å². The lowest BCUT2D eigenvalue weighted by atomic mass is 10.2. The SMILES string of the molecule is CCC(C)OC(=O)CCNC(=O)N[C@@H]1CCN(c2ccc(/C(N)=N\O)cc2)C1=O. The van der Waals surface area contributed by atoms with E-state index in [0.717, 1.165) is 6.42 Å². The number of rotatable bonds is 8. The highest BCUT2D eigenvalue weighted by Gasteiger charge is 2.33. The third-order valence-electron chi connectivity index (χ3n) is 4.62. The highest BCUT2D eigenvalue weighted by molar-refractivity contribution is 6.02. The number of amides is 3.